The Morgan fingerprint density at radius 1 is 1.30 bits per heavy atom. The van der Waals surface area contributed by atoms with Gasteiger partial charge in [-0.3, -0.25) is 0 Å². The second kappa shape index (κ2) is 6.05. The van der Waals surface area contributed by atoms with Gasteiger partial charge in [-0.05, 0) is 31.0 Å². The zero-order valence-corrected chi connectivity index (χ0v) is 12.2. The van der Waals surface area contributed by atoms with Gasteiger partial charge in [0.2, 0.25) is 0 Å². The fourth-order valence-corrected chi connectivity index (χ4v) is 2.28. The van der Waals surface area contributed by atoms with Gasteiger partial charge in [0.05, 0.1) is 19.0 Å². The van der Waals surface area contributed by atoms with E-state index in [9.17, 15) is 5.11 Å². The van der Waals surface area contributed by atoms with Crippen LogP contribution in [0.25, 0.3) is 0 Å². The third-order valence-corrected chi connectivity index (χ3v) is 3.31. The van der Waals surface area contributed by atoms with Gasteiger partial charge in [-0.25, -0.2) is 4.68 Å². The van der Waals surface area contributed by atoms with E-state index in [1.807, 2.05) is 24.3 Å². The Labute approximate surface area is 119 Å². The summed E-state index contributed by atoms with van der Waals surface area (Å²) in [6.45, 7) is 4.62. The van der Waals surface area contributed by atoms with Crippen LogP contribution in [0.2, 0.25) is 0 Å². The molecule has 1 aromatic heterocycles. The predicted molar refractivity (Wildman–Crippen MR) is 76.6 cm³/mol. The average Bonchev–Trinajstić information content (AvgIpc) is 2.89. The lowest BCUT2D eigenvalue weighted by Crippen LogP contribution is -2.28. The molecule has 0 bridgehead atoms. The molecule has 20 heavy (non-hydrogen) atoms. The number of hydrogen-bond donors (Lipinski definition) is 1. The SMILES string of the molecule is CCCn1nncc1C(C)(O)Cc1ccc(OC)cc1. The van der Waals surface area contributed by atoms with Crippen LogP contribution in [0.1, 0.15) is 31.5 Å². The van der Waals surface area contributed by atoms with E-state index >= 15 is 0 Å². The third kappa shape index (κ3) is 3.17. The number of methoxy groups -OCH3 is 1. The standard InChI is InChI=1S/C15H21N3O2/c1-4-9-18-14(11-16-17-18)15(2,19)10-12-5-7-13(20-3)8-6-12/h5-8,11,19H,4,9-10H2,1-3H3. The van der Waals surface area contributed by atoms with Gasteiger partial charge >= 0.3 is 0 Å². The summed E-state index contributed by atoms with van der Waals surface area (Å²) < 4.78 is 6.90. The monoisotopic (exact) mass is 275 g/mol. The summed E-state index contributed by atoms with van der Waals surface area (Å²) >= 11 is 0. The van der Waals surface area contributed by atoms with E-state index in [1.54, 1.807) is 24.9 Å². The molecule has 2 rings (SSSR count). The maximum absolute atomic E-state index is 10.7. The van der Waals surface area contributed by atoms with E-state index in [4.69, 9.17) is 4.74 Å². The molecule has 1 heterocycles. The van der Waals surface area contributed by atoms with Crippen molar-refractivity contribution in [2.45, 2.75) is 38.8 Å². The minimum Gasteiger partial charge on any atom is -0.497 e. The van der Waals surface area contributed by atoms with Gasteiger partial charge in [-0.2, -0.15) is 0 Å². The molecule has 0 spiro atoms. The highest BCUT2D eigenvalue weighted by atomic mass is 16.5. The zero-order chi connectivity index (χ0) is 14.6. The Kier molecular flexibility index (Phi) is 4.39. The maximum atomic E-state index is 10.7. The number of rotatable bonds is 6. The van der Waals surface area contributed by atoms with Crippen molar-refractivity contribution in [3.05, 3.63) is 41.7 Å². The molecule has 0 aliphatic rings. The van der Waals surface area contributed by atoms with Crippen molar-refractivity contribution in [1.29, 1.82) is 0 Å². The van der Waals surface area contributed by atoms with Crippen molar-refractivity contribution in [3.8, 4) is 5.75 Å². The number of ether oxygens (including phenoxy) is 1. The summed E-state index contributed by atoms with van der Waals surface area (Å²) in [6.07, 6.45) is 3.10. The van der Waals surface area contributed by atoms with Gasteiger partial charge < -0.3 is 9.84 Å². The van der Waals surface area contributed by atoms with Gasteiger partial charge in [0.25, 0.3) is 0 Å². The topological polar surface area (TPSA) is 60.2 Å². The number of nitrogens with zero attached hydrogens (tertiary/aromatic N) is 3. The summed E-state index contributed by atoms with van der Waals surface area (Å²) in [7, 11) is 1.64. The summed E-state index contributed by atoms with van der Waals surface area (Å²) in [5.41, 5.74) is 0.794. The number of aliphatic hydroxyl groups is 1. The molecule has 0 aliphatic heterocycles. The normalized spacial score (nSPS) is 14.0. The average molecular weight is 275 g/mol. The van der Waals surface area contributed by atoms with Gasteiger partial charge in [0.15, 0.2) is 0 Å². The van der Waals surface area contributed by atoms with E-state index in [1.165, 1.54) is 0 Å². The lowest BCUT2D eigenvalue weighted by Gasteiger charge is -2.24. The molecule has 5 nitrogen and oxygen atoms in total. The number of hydrogen-bond acceptors (Lipinski definition) is 4. The molecule has 0 aliphatic carbocycles. The molecule has 0 amide bonds. The van der Waals surface area contributed by atoms with Crippen LogP contribution in [0, 0.1) is 0 Å². The third-order valence-electron chi connectivity index (χ3n) is 3.31. The Bertz CT molecular complexity index is 547. The molecule has 108 valence electrons. The molecular weight excluding hydrogens is 254 g/mol. The number of aromatic nitrogens is 3. The quantitative estimate of drug-likeness (QED) is 0.877. The first-order valence-corrected chi connectivity index (χ1v) is 6.81. The first-order chi connectivity index (χ1) is 9.56. The maximum Gasteiger partial charge on any atom is 0.118 e. The van der Waals surface area contributed by atoms with Crippen LogP contribution < -0.4 is 4.74 Å². The Balaban J connectivity index is 2.18. The molecule has 0 saturated heterocycles. The molecule has 0 saturated carbocycles. The van der Waals surface area contributed by atoms with Crippen molar-refractivity contribution in [1.82, 2.24) is 15.0 Å². The van der Waals surface area contributed by atoms with Gasteiger partial charge in [0, 0.05) is 13.0 Å². The van der Waals surface area contributed by atoms with Crippen LogP contribution in [-0.4, -0.2) is 27.2 Å². The molecule has 5 heteroatoms. The van der Waals surface area contributed by atoms with Crippen LogP contribution >= 0.6 is 0 Å². The van der Waals surface area contributed by atoms with Crippen molar-refractivity contribution < 1.29 is 9.84 Å². The smallest absolute Gasteiger partial charge is 0.118 e. The molecule has 0 fully saturated rings. The van der Waals surface area contributed by atoms with Crippen LogP contribution in [0.5, 0.6) is 5.75 Å². The molecule has 1 atom stereocenters. The molecule has 1 aromatic carbocycles. The number of aryl methyl sites for hydroxylation is 1. The fourth-order valence-electron chi connectivity index (χ4n) is 2.28. The summed E-state index contributed by atoms with van der Waals surface area (Å²) in [5, 5.41) is 18.7. The first-order valence-electron chi connectivity index (χ1n) is 6.81. The lowest BCUT2D eigenvalue weighted by molar-refractivity contribution is 0.0477. The van der Waals surface area contributed by atoms with Crippen LogP contribution in [0.3, 0.4) is 0 Å². The largest absolute Gasteiger partial charge is 0.497 e. The van der Waals surface area contributed by atoms with E-state index < -0.39 is 5.60 Å². The second-order valence-corrected chi connectivity index (χ2v) is 5.14. The molecule has 2 aromatic rings. The Morgan fingerprint density at radius 3 is 2.60 bits per heavy atom. The van der Waals surface area contributed by atoms with Crippen molar-refractivity contribution >= 4 is 0 Å². The molecule has 1 N–H and O–H groups in total. The summed E-state index contributed by atoms with van der Waals surface area (Å²) in [6, 6.07) is 7.71. The number of benzene rings is 1. The van der Waals surface area contributed by atoms with E-state index in [0.29, 0.717) is 6.42 Å². The van der Waals surface area contributed by atoms with Crippen molar-refractivity contribution in [2.24, 2.45) is 0 Å². The van der Waals surface area contributed by atoms with Crippen LogP contribution in [0.15, 0.2) is 30.5 Å². The highest BCUT2D eigenvalue weighted by molar-refractivity contribution is 5.29. The Hall–Kier alpha value is -1.88. The minimum atomic E-state index is -0.993. The Morgan fingerprint density at radius 2 is 2.00 bits per heavy atom. The van der Waals surface area contributed by atoms with Crippen LogP contribution in [0.4, 0.5) is 0 Å². The molecule has 0 radical (unpaired) electrons. The van der Waals surface area contributed by atoms with Crippen molar-refractivity contribution in [3.63, 3.8) is 0 Å². The van der Waals surface area contributed by atoms with E-state index in [-0.39, 0.29) is 0 Å². The van der Waals surface area contributed by atoms with Gasteiger partial charge in [0.1, 0.15) is 11.4 Å². The molecule has 1 unspecified atom stereocenters. The van der Waals surface area contributed by atoms with Gasteiger partial charge in [-0.15, -0.1) is 5.10 Å². The highest BCUT2D eigenvalue weighted by Gasteiger charge is 2.28. The summed E-state index contributed by atoms with van der Waals surface area (Å²) in [4.78, 5) is 0. The predicted octanol–water partition coefficient (Wildman–Crippen LogP) is 2.15. The fraction of sp³-hybridized carbons (Fsp3) is 0.467. The van der Waals surface area contributed by atoms with Gasteiger partial charge in [-0.1, -0.05) is 24.3 Å². The van der Waals surface area contributed by atoms with E-state index in [2.05, 4.69) is 17.2 Å². The lowest BCUT2D eigenvalue weighted by atomic mass is 9.93. The molecular formula is C15H21N3O2. The van der Waals surface area contributed by atoms with Crippen LogP contribution in [-0.2, 0) is 18.6 Å². The minimum absolute atomic E-state index is 0.508. The highest BCUT2D eigenvalue weighted by Crippen LogP contribution is 2.25. The van der Waals surface area contributed by atoms with Crippen molar-refractivity contribution in [2.75, 3.05) is 7.11 Å². The second-order valence-electron chi connectivity index (χ2n) is 5.14. The first kappa shape index (κ1) is 14.5. The zero-order valence-electron chi connectivity index (χ0n) is 12.2. The van der Waals surface area contributed by atoms with E-state index in [0.717, 1.165) is 30.0 Å². The summed E-state index contributed by atoms with van der Waals surface area (Å²) in [5.74, 6) is 0.811.